The van der Waals surface area contributed by atoms with E-state index in [2.05, 4.69) is 0 Å². The molecule has 2 nitrogen and oxygen atoms in total. The van der Waals surface area contributed by atoms with Crippen LogP contribution in [0.25, 0.3) is 0 Å². The SMILES string of the molecule is O=C(CO)CCc1ccc(Cl)cc1. The molecular formula is C10H11ClO2. The monoisotopic (exact) mass is 198 g/mol. The van der Waals surface area contributed by atoms with Crippen molar-refractivity contribution < 1.29 is 9.90 Å². The van der Waals surface area contributed by atoms with E-state index in [0.29, 0.717) is 17.9 Å². The number of carbonyl (C=O) groups is 1. The van der Waals surface area contributed by atoms with E-state index in [-0.39, 0.29) is 12.4 Å². The summed E-state index contributed by atoms with van der Waals surface area (Å²) in [5.74, 6) is -0.130. The zero-order valence-corrected chi connectivity index (χ0v) is 7.92. The van der Waals surface area contributed by atoms with E-state index in [1.54, 1.807) is 12.1 Å². The summed E-state index contributed by atoms with van der Waals surface area (Å²) >= 11 is 5.69. The molecule has 0 spiro atoms. The molecular weight excluding hydrogens is 188 g/mol. The summed E-state index contributed by atoms with van der Waals surface area (Å²) in [5, 5.41) is 9.18. The highest BCUT2D eigenvalue weighted by Gasteiger charge is 2.00. The van der Waals surface area contributed by atoms with Gasteiger partial charge in [-0.15, -0.1) is 0 Å². The summed E-state index contributed by atoms with van der Waals surface area (Å²) in [6.45, 7) is -0.367. The fraction of sp³-hybridized carbons (Fsp3) is 0.300. The normalized spacial score (nSPS) is 10.0. The van der Waals surface area contributed by atoms with Crippen LogP contribution in [0.3, 0.4) is 0 Å². The van der Waals surface area contributed by atoms with E-state index < -0.39 is 0 Å². The molecule has 0 unspecified atom stereocenters. The Morgan fingerprint density at radius 2 is 1.92 bits per heavy atom. The van der Waals surface area contributed by atoms with Gasteiger partial charge in [-0.1, -0.05) is 23.7 Å². The molecule has 0 saturated heterocycles. The predicted molar refractivity (Wildman–Crippen MR) is 51.9 cm³/mol. The van der Waals surface area contributed by atoms with E-state index in [1.165, 1.54) is 0 Å². The average Bonchev–Trinajstić information content (AvgIpc) is 2.16. The van der Waals surface area contributed by atoms with Crippen molar-refractivity contribution in [2.75, 3.05) is 6.61 Å². The summed E-state index contributed by atoms with van der Waals surface area (Å²) < 4.78 is 0. The molecule has 0 bridgehead atoms. The van der Waals surface area contributed by atoms with E-state index in [9.17, 15) is 4.79 Å². The topological polar surface area (TPSA) is 37.3 Å². The van der Waals surface area contributed by atoms with Gasteiger partial charge in [-0.25, -0.2) is 0 Å². The number of hydrogen-bond acceptors (Lipinski definition) is 2. The minimum Gasteiger partial charge on any atom is -0.389 e. The average molecular weight is 199 g/mol. The van der Waals surface area contributed by atoms with Gasteiger partial charge in [-0.05, 0) is 24.1 Å². The van der Waals surface area contributed by atoms with Crippen LogP contribution in [-0.2, 0) is 11.2 Å². The van der Waals surface area contributed by atoms with Crippen LogP contribution in [0.2, 0.25) is 5.02 Å². The number of rotatable bonds is 4. The lowest BCUT2D eigenvalue weighted by Gasteiger charge is -1.99. The van der Waals surface area contributed by atoms with E-state index >= 15 is 0 Å². The molecule has 1 aromatic rings. The van der Waals surface area contributed by atoms with Crippen LogP contribution in [0.4, 0.5) is 0 Å². The number of aliphatic hydroxyl groups is 1. The first-order valence-electron chi connectivity index (χ1n) is 4.09. The van der Waals surface area contributed by atoms with Crippen molar-refractivity contribution in [3.05, 3.63) is 34.9 Å². The Balaban J connectivity index is 2.46. The van der Waals surface area contributed by atoms with Gasteiger partial charge in [-0.2, -0.15) is 0 Å². The van der Waals surface area contributed by atoms with Crippen LogP contribution >= 0.6 is 11.6 Å². The summed E-state index contributed by atoms with van der Waals surface area (Å²) in [5.41, 5.74) is 1.06. The predicted octanol–water partition coefficient (Wildman–Crippen LogP) is 1.83. The minimum absolute atomic E-state index is 0.130. The molecule has 0 aliphatic carbocycles. The lowest BCUT2D eigenvalue weighted by Crippen LogP contribution is -2.04. The van der Waals surface area contributed by atoms with Gasteiger partial charge in [0.2, 0.25) is 0 Å². The molecule has 1 N–H and O–H groups in total. The molecule has 0 heterocycles. The molecule has 0 amide bonds. The molecule has 0 radical (unpaired) electrons. The second kappa shape index (κ2) is 5.00. The van der Waals surface area contributed by atoms with Crippen molar-refractivity contribution in [3.63, 3.8) is 0 Å². The number of aryl methyl sites for hydroxylation is 1. The number of aliphatic hydroxyl groups excluding tert-OH is 1. The molecule has 1 rings (SSSR count). The van der Waals surface area contributed by atoms with Crippen LogP contribution in [0.5, 0.6) is 0 Å². The number of carbonyl (C=O) groups excluding carboxylic acids is 1. The Bertz CT molecular complexity index is 279. The zero-order chi connectivity index (χ0) is 9.68. The molecule has 0 aliphatic heterocycles. The highest BCUT2D eigenvalue weighted by molar-refractivity contribution is 6.30. The molecule has 0 aliphatic rings. The second-order valence-corrected chi connectivity index (χ2v) is 3.26. The van der Waals surface area contributed by atoms with E-state index in [0.717, 1.165) is 5.56 Å². The second-order valence-electron chi connectivity index (χ2n) is 2.82. The summed E-state index contributed by atoms with van der Waals surface area (Å²) in [6, 6.07) is 7.35. The van der Waals surface area contributed by atoms with Gasteiger partial charge in [0.15, 0.2) is 5.78 Å². The Hall–Kier alpha value is -0.860. The molecule has 0 aromatic heterocycles. The van der Waals surface area contributed by atoms with Crippen molar-refractivity contribution in [2.24, 2.45) is 0 Å². The lowest BCUT2D eigenvalue weighted by atomic mass is 10.1. The maximum atomic E-state index is 10.8. The van der Waals surface area contributed by atoms with Crippen LogP contribution in [0, 0.1) is 0 Å². The van der Waals surface area contributed by atoms with Gasteiger partial charge in [0.1, 0.15) is 6.61 Å². The van der Waals surface area contributed by atoms with E-state index in [4.69, 9.17) is 16.7 Å². The Labute approximate surface area is 82.2 Å². The Morgan fingerprint density at radius 3 is 2.46 bits per heavy atom. The summed E-state index contributed by atoms with van der Waals surface area (Å²) in [7, 11) is 0. The van der Waals surface area contributed by atoms with Gasteiger partial charge in [0, 0.05) is 11.4 Å². The first kappa shape index (κ1) is 10.2. The minimum atomic E-state index is -0.367. The third kappa shape index (κ3) is 3.57. The first-order chi connectivity index (χ1) is 6.22. The Morgan fingerprint density at radius 1 is 1.31 bits per heavy atom. The number of benzene rings is 1. The molecule has 0 fully saturated rings. The number of halogens is 1. The van der Waals surface area contributed by atoms with Gasteiger partial charge >= 0.3 is 0 Å². The highest BCUT2D eigenvalue weighted by atomic mass is 35.5. The van der Waals surface area contributed by atoms with Crippen molar-refractivity contribution in [1.82, 2.24) is 0 Å². The van der Waals surface area contributed by atoms with Crippen LogP contribution < -0.4 is 0 Å². The first-order valence-corrected chi connectivity index (χ1v) is 4.47. The largest absolute Gasteiger partial charge is 0.389 e. The van der Waals surface area contributed by atoms with Crippen molar-refractivity contribution in [2.45, 2.75) is 12.8 Å². The number of ketones is 1. The fourth-order valence-corrected chi connectivity index (χ4v) is 1.14. The summed E-state index contributed by atoms with van der Waals surface area (Å²) in [6.07, 6.45) is 1.05. The van der Waals surface area contributed by atoms with Gasteiger partial charge in [0.05, 0.1) is 0 Å². The van der Waals surface area contributed by atoms with Gasteiger partial charge in [0.25, 0.3) is 0 Å². The van der Waals surface area contributed by atoms with Gasteiger partial charge in [-0.3, -0.25) is 4.79 Å². The fourth-order valence-electron chi connectivity index (χ4n) is 1.01. The molecule has 3 heteroatoms. The third-order valence-electron chi connectivity index (χ3n) is 1.78. The Kier molecular flexibility index (Phi) is 3.93. The van der Waals surface area contributed by atoms with Crippen LogP contribution in [0.15, 0.2) is 24.3 Å². The maximum Gasteiger partial charge on any atom is 0.158 e. The number of hydrogen-bond donors (Lipinski definition) is 1. The van der Waals surface area contributed by atoms with Crippen molar-refractivity contribution in [3.8, 4) is 0 Å². The van der Waals surface area contributed by atoms with Crippen LogP contribution in [-0.4, -0.2) is 17.5 Å². The molecule has 1 aromatic carbocycles. The molecule has 13 heavy (non-hydrogen) atoms. The molecule has 70 valence electrons. The zero-order valence-electron chi connectivity index (χ0n) is 7.16. The van der Waals surface area contributed by atoms with Crippen molar-refractivity contribution >= 4 is 17.4 Å². The number of Topliss-reactive ketones (excluding diaryl/α,β-unsaturated/α-hetero) is 1. The third-order valence-corrected chi connectivity index (χ3v) is 2.03. The van der Waals surface area contributed by atoms with Crippen molar-refractivity contribution in [1.29, 1.82) is 0 Å². The standard InChI is InChI=1S/C10H11ClO2/c11-9-4-1-8(2-5-9)3-6-10(13)7-12/h1-2,4-5,12H,3,6-7H2. The maximum absolute atomic E-state index is 10.8. The van der Waals surface area contributed by atoms with E-state index in [1.807, 2.05) is 12.1 Å². The van der Waals surface area contributed by atoms with Crippen LogP contribution in [0.1, 0.15) is 12.0 Å². The van der Waals surface area contributed by atoms with Gasteiger partial charge < -0.3 is 5.11 Å². The summed E-state index contributed by atoms with van der Waals surface area (Å²) in [4.78, 5) is 10.8. The quantitative estimate of drug-likeness (QED) is 0.802. The highest BCUT2D eigenvalue weighted by Crippen LogP contribution is 2.10. The molecule has 0 saturated carbocycles. The molecule has 0 atom stereocenters. The lowest BCUT2D eigenvalue weighted by molar-refractivity contribution is -0.121. The smallest absolute Gasteiger partial charge is 0.158 e.